The van der Waals surface area contributed by atoms with Crippen molar-refractivity contribution in [2.75, 3.05) is 12.4 Å². The molecule has 0 saturated heterocycles. The van der Waals surface area contributed by atoms with Crippen molar-refractivity contribution >= 4 is 62.0 Å². The third-order valence-corrected chi connectivity index (χ3v) is 3.35. The summed E-state index contributed by atoms with van der Waals surface area (Å²) in [5.74, 6) is 0. The minimum absolute atomic E-state index is 0.271. The Kier molecular flexibility index (Phi) is 4.36. The van der Waals surface area contributed by atoms with Crippen LogP contribution >= 0.6 is 45.8 Å². The van der Waals surface area contributed by atoms with Gasteiger partial charge in [0.05, 0.1) is 11.1 Å². The van der Waals surface area contributed by atoms with Crippen LogP contribution in [0.3, 0.4) is 0 Å². The van der Waals surface area contributed by atoms with Crippen molar-refractivity contribution in [1.82, 2.24) is 0 Å². The van der Waals surface area contributed by atoms with Crippen molar-refractivity contribution in [1.29, 1.82) is 0 Å². The van der Waals surface area contributed by atoms with Crippen LogP contribution in [0.25, 0.3) is 0 Å². The van der Waals surface area contributed by atoms with E-state index in [1.54, 1.807) is 19.2 Å². The highest BCUT2D eigenvalue weighted by atomic mass is 127. The lowest BCUT2D eigenvalue weighted by Gasteiger charge is -2.07. The molecule has 80 valence electrons. The lowest BCUT2D eigenvalue weighted by molar-refractivity contribution is 0.108. The van der Waals surface area contributed by atoms with Gasteiger partial charge in [-0.15, -0.1) is 0 Å². The van der Waals surface area contributed by atoms with Gasteiger partial charge in [0.25, 0.3) is 10.5 Å². The molecule has 0 unspecified atom stereocenters. The largest absolute Gasteiger partial charge is 0.388 e. The number of carbonyl (C=O) groups is 2. The van der Waals surface area contributed by atoms with E-state index in [9.17, 15) is 9.59 Å². The Morgan fingerprint density at radius 1 is 1.20 bits per heavy atom. The third kappa shape index (κ3) is 2.83. The van der Waals surface area contributed by atoms with Crippen LogP contribution in [0.5, 0.6) is 0 Å². The van der Waals surface area contributed by atoms with Crippen LogP contribution in [0, 0.1) is 3.57 Å². The van der Waals surface area contributed by atoms with Crippen molar-refractivity contribution in [2.45, 2.75) is 0 Å². The summed E-state index contributed by atoms with van der Waals surface area (Å²) in [4.78, 5) is 22.2. The van der Waals surface area contributed by atoms with Gasteiger partial charge in [-0.1, -0.05) is 0 Å². The molecule has 1 N–H and O–H groups in total. The number of nitrogens with one attached hydrogen (secondary N) is 1. The maximum Gasteiger partial charge on any atom is 0.253 e. The van der Waals surface area contributed by atoms with Crippen molar-refractivity contribution in [2.24, 2.45) is 0 Å². The molecule has 0 fully saturated rings. The quantitative estimate of drug-likeness (QED) is 0.668. The average Bonchev–Trinajstić information content (AvgIpc) is 2.17. The standard InChI is InChI=1S/C9H6Cl2INO2/c1-13-4-2-5(8(10)14)7(12)6(3-4)9(11)15/h2-3,13H,1H3. The summed E-state index contributed by atoms with van der Waals surface area (Å²) in [7, 11) is 1.67. The number of carbonyl (C=O) groups excluding carboxylic acids is 2. The Morgan fingerprint density at radius 2 is 1.60 bits per heavy atom. The highest BCUT2D eigenvalue weighted by Crippen LogP contribution is 2.25. The number of hydrogen-bond donors (Lipinski definition) is 1. The lowest BCUT2D eigenvalue weighted by atomic mass is 10.1. The van der Waals surface area contributed by atoms with Gasteiger partial charge < -0.3 is 5.32 Å². The predicted molar refractivity (Wildman–Crippen MR) is 69.1 cm³/mol. The Labute approximate surface area is 110 Å². The molecule has 0 atom stereocenters. The molecule has 6 heteroatoms. The van der Waals surface area contributed by atoms with Gasteiger partial charge in [-0.2, -0.15) is 0 Å². The second kappa shape index (κ2) is 5.14. The van der Waals surface area contributed by atoms with Gasteiger partial charge >= 0.3 is 0 Å². The molecular weight excluding hydrogens is 352 g/mol. The van der Waals surface area contributed by atoms with E-state index in [2.05, 4.69) is 5.32 Å². The van der Waals surface area contributed by atoms with Crippen molar-refractivity contribution in [3.63, 3.8) is 0 Å². The first-order chi connectivity index (χ1) is 6.97. The number of rotatable bonds is 3. The van der Waals surface area contributed by atoms with Crippen LogP contribution in [0.4, 0.5) is 5.69 Å². The normalized spacial score (nSPS) is 9.87. The molecule has 1 aromatic carbocycles. The first kappa shape index (κ1) is 12.7. The number of halogens is 3. The summed E-state index contributed by atoms with van der Waals surface area (Å²) in [5, 5.41) is 1.59. The van der Waals surface area contributed by atoms with Crippen LogP contribution in [-0.4, -0.2) is 17.5 Å². The zero-order valence-electron chi connectivity index (χ0n) is 7.61. The van der Waals surface area contributed by atoms with E-state index >= 15 is 0 Å². The first-order valence-electron chi connectivity index (χ1n) is 3.88. The Morgan fingerprint density at radius 3 is 1.87 bits per heavy atom. The number of anilines is 1. The smallest absolute Gasteiger partial charge is 0.253 e. The Balaban J connectivity index is 3.47. The second-order valence-electron chi connectivity index (χ2n) is 2.68. The fourth-order valence-electron chi connectivity index (χ4n) is 1.05. The van der Waals surface area contributed by atoms with E-state index in [1.807, 2.05) is 22.6 Å². The second-order valence-corrected chi connectivity index (χ2v) is 4.45. The van der Waals surface area contributed by atoms with Crippen LogP contribution in [0.1, 0.15) is 20.7 Å². The van der Waals surface area contributed by atoms with Gasteiger partial charge in [0.2, 0.25) is 0 Å². The summed E-state index contributed by atoms with van der Waals surface area (Å²) < 4.78 is 0.464. The van der Waals surface area contributed by atoms with Crippen molar-refractivity contribution in [3.8, 4) is 0 Å². The van der Waals surface area contributed by atoms with E-state index in [4.69, 9.17) is 23.2 Å². The maximum absolute atomic E-state index is 11.1. The molecule has 0 radical (unpaired) electrons. The highest BCUT2D eigenvalue weighted by molar-refractivity contribution is 14.1. The van der Waals surface area contributed by atoms with Gasteiger partial charge in [-0.3, -0.25) is 9.59 Å². The molecule has 0 aromatic heterocycles. The zero-order chi connectivity index (χ0) is 11.6. The molecule has 0 heterocycles. The molecule has 0 saturated carbocycles. The van der Waals surface area contributed by atoms with Crippen LogP contribution in [0.15, 0.2) is 12.1 Å². The minimum atomic E-state index is -0.615. The molecule has 15 heavy (non-hydrogen) atoms. The summed E-state index contributed by atoms with van der Waals surface area (Å²) in [6, 6.07) is 3.14. The fraction of sp³-hybridized carbons (Fsp3) is 0.111. The summed E-state index contributed by atoms with van der Waals surface area (Å²) >= 11 is 12.6. The van der Waals surface area contributed by atoms with E-state index < -0.39 is 10.5 Å². The third-order valence-electron chi connectivity index (χ3n) is 1.78. The van der Waals surface area contributed by atoms with E-state index in [0.29, 0.717) is 9.26 Å². The molecule has 1 aromatic rings. The van der Waals surface area contributed by atoms with Crippen LogP contribution in [0.2, 0.25) is 0 Å². The van der Waals surface area contributed by atoms with Gasteiger partial charge in [-0.25, -0.2) is 0 Å². The van der Waals surface area contributed by atoms with E-state index in [0.717, 1.165) is 0 Å². The van der Waals surface area contributed by atoms with Gasteiger partial charge in [0.1, 0.15) is 0 Å². The molecule has 1 rings (SSSR count). The van der Waals surface area contributed by atoms with E-state index in [-0.39, 0.29) is 11.1 Å². The first-order valence-corrected chi connectivity index (χ1v) is 5.71. The van der Waals surface area contributed by atoms with Crippen LogP contribution < -0.4 is 5.32 Å². The summed E-state index contributed by atoms with van der Waals surface area (Å²) in [5.41, 5.74) is 1.16. The number of benzene rings is 1. The maximum atomic E-state index is 11.1. The zero-order valence-corrected chi connectivity index (χ0v) is 11.3. The molecule has 0 spiro atoms. The topological polar surface area (TPSA) is 46.2 Å². The van der Waals surface area contributed by atoms with Crippen molar-refractivity contribution < 1.29 is 9.59 Å². The Hall–Kier alpha value is -0.330. The number of hydrogen-bond acceptors (Lipinski definition) is 3. The molecule has 0 bridgehead atoms. The molecule has 3 nitrogen and oxygen atoms in total. The average molecular weight is 358 g/mol. The van der Waals surface area contributed by atoms with Gasteiger partial charge in [-0.05, 0) is 57.9 Å². The SMILES string of the molecule is CNc1cc(C(=O)Cl)c(I)c(C(=O)Cl)c1. The lowest BCUT2D eigenvalue weighted by Crippen LogP contribution is -2.03. The van der Waals surface area contributed by atoms with Crippen molar-refractivity contribution in [3.05, 3.63) is 26.8 Å². The summed E-state index contributed by atoms with van der Waals surface area (Å²) in [6.07, 6.45) is 0. The molecular formula is C9H6Cl2INO2. The predicted octanol–water partition coefficient (Wildman–Crippen LogP) is 3.09. The van der Waals surface area contributed by atoms with Crippen LogP contribution in [-0.2, 0) is 0 Å². The fourth-order valence-corrected chi connectivity index (χ4v) is 2.47. The molecule has 0 amide bonds. The molecule has 0 aliphatic carbocycles. The van der Waals surface area contributed by atoms with E-state index in [1.165, 1.54) is 0 Å². The minimum Gasteiger partial charge on any atom is -0.388 e. The Bertz CT molecular complexity index is 399. The molecule has 0 aliphatic rings. The monoisotopic (exact) mass is 357 g/mol. The molecule has 0 aliphatic heterocycles. The van der Waals surface area contributed by atoms with Gasteiger partial charge in [0, 0.05) is 16.3 Å². The van der Waals surface area contributed by atoms with Gasteiger partial charge in [0.15, 0.2) is 0 Å². The highest BCUT2D eigenvalue weighted by Gasteiger charge is 2.16. The summed E-state index contributed by atoms with van der Waals surface area (Å²) in [6.45, 7) is 0.